The van der Waals surface area contributed by atoms with Crippen LogP contribution in [0, 0.1) is 11.8 Å². The van der Waals surface area contributed by atoms with Crippen molar-refractivity contribution in [3.63, 3.8) is 0 Å². The fraction of sp³-hybridized carbons (Fsp3) is 0.400. The van der Waals surface area contributed by atoms with Crippen LogP contribution in [0.2, 0.25) is 5.02 Å². The number of carboxylic acid groups (broad SMARTS) is 1. The van der Waals surface area contributed by atoms with Crippen LogP contribution in [0.5, 0.6) is 0 Å². The minimum Gasteiger partial charge on any atom is -0.478 e. The van der Waals surface area contributed by atoms with E-state index >= 15 is 0 Å². The van der Waals surface area contributed by atoms with Crippen LogP contribution in [0.1, 0.15) is 36.0 Å². The number of benzene rings is 1. The minimum atomic E-state index is -1.24. The lowest BCUT2D eigenvalue weighted by Gasteiger charge is -2.19. The highest BCUT2D eigenvalue weighted by atomic mass is 35.5. The van der Waals surface area contributed by atoms with Gasteiger partial charge in [-0.05, 0) is 25.0 Å². The van der Waals surface area contributed by atoms with Gasteiger partial charge in [0.1, 0.15) is 5.56 Å². The second kappa shape index (κ2) is 5.15. The number of imide groups is 1. The van der Waals surface area contributed by atoms with Crippen molar-refractivity contribution >= 4 is 35.1 Å². The molecule has 1 aromatic rings. The number of hydrogen-bond donors (Lipinski definition) is 1. The maximum Gasteiger partial charge on any atom is 0.339 e. The minimum absolute atomic E-state index is 0.0236. The Labute approximate surface area is 126 Å². The Balaban J connectivity index is 2.09. The van der Waals surface area contributed by atoms with Gasteiger partial charge in [0.25, 0.3) is 0 Å². The highest BCUT2D eigenvalue weighted by molar-refractivity contribution is 6.35. The van der Waals surface area contributed by atoms with Gasteiger partial charge in [-0.15, -0.1) is 0 Å². The van der Waals surface area contributed by atoms with Crippen LogP contribution >= 0.6 is 11.6 Å². The summed E-state index contributed by atoms with van der Waals surface area (Å²) in [4.78, 5) is 37.4. The number of anilines is 1. The molecule has 2 atom stereocenters. The summed E-state index contributed by atoms with van der Waals surface area (Å²) in [7, 11) is 0. The number of rotatable bonds is 2. The standard InChI is InChI=1S/C15H14ClNO4/c16-10-6-3-7-11(12(10)15(20)21)17-13(18)8-4-1-2-5-9(8)14(17)19/h3,6-9H,1-2,4-5H2,(H,20,21). The zero-order valence-electron chi connectivity index (χ0n) is 11.2. The molecule has 1 aliphatic carbocycles. The number of fused-ring (bicyclic) bond motifs is 1. The van der Waals surface area contributed by atoms with E-state index in [1.54, 1.807) is 6.07 Å². The van der Waals surface area contributed by atoms with E-state index in [1.165, 1.54) is 12.1 Å². The fourth-order valence-electron chi connectivity index (χ4n) is 3.31. The number of halogens is 1. The molecule has 2 aliphatic rings. The zero-order chi connectivity index (χ0) is 15.1. The Kier molecular flexibility index (Phi) is 3.45. The molecule has 1 heterocycles. The van der Waals surface area contributed by atoms with Crippen molar-refractivity contribution in [1.82, 2.24) is 0 Å². The molecule has 1 saturated carbocycles. The lowest BCUT2D eigenvalue weighted by molar-refractivity contribution is -0.122. The number of aromatic carboxylic acids is 1. The molecule has 3 rings (SSSR count). The van der Waals surface area contributed by atoms with Crippen LogP contribution < -0.4 is 4.90 Å². The molecule has 1 N–H and O–H groups in total. The first-order chi connectivity index (χ1) is 10.0. The van der Waals surface area contributed by atoms with Crippen LogP contribution in [0.25, 0.3) is 0 Å². The largest absolute Gasteiger partial charge is 0.478 e. The molecule has 1 aromatic carbocycles. The normalized spacial score (nSPS) is 25.1. The Morgan fingerprint density at radius 2 is 1.71 bits per heavy atom. The molecule has 6 heteroatoms. The maximum atomic E-state index is 12.5. The van der Waals surface area contributed by atoms with Gasteiger partial charge in [-0.3, -0.25) is 9.59 Å². The third kappa shape index (κ3) is 2.12. The number of hydrogen-bond acceptors (Lipinski definition) is 3. The third-order valence-electron chi connectivity index (χ3n) is 4.29. The maximum absolute atomic E-state index is 12.5. The third-order valence-corrected chi connectivity index (χ3v) is 4.60. The first-order valence-corrected chi connectivity index (χ1v) is 7.29. The molecule has 2 fully saturated rings. The number of amides is 2. The van der Waals surface area contributed by atoms with Gasteiger partial charge in [-0.1, -0.05) is 30.5 Å². The van der Waals surface area contributed by atoms with Gasteiger partial charge in [-0.25, -0.2) is 9.69 Å². The van der Waals surface area contributed by atoms with Crippen molar-refractivity contribution < 1.29 is 19.5 Å². The van der Waals surface area contributed by atoms with E-state index in [1.807, 2.05) is 0 Å². The summed E-state index contributed by atoms with van der Waals surface area (Å²) in [6.45, 7) is 0. The molecule has 1 saturated heterocycles. The number of carbonyl (C=O) groups is 3. The van der Waals surface area contributed by atoms with Crippen LogP contribution in [0.3, 0.4) is 0 Å². The number of carbonyl (C=O) groups excluding carboxylic acids is 2. The summed E-state index contributed by atoms with van der Waals surface area (Å²) >= 11 is 5.92. The van der Waals surface area contributed by atoms with Crippen LogP contribution in [-0.2, 0) is 9.59 Å². The van der Waals surface area contributed by atoms with Crippen molar-refractivity contribution in [2.75, 3.05) is 4.90 Å². The number of carboxylic acids is 1. The monoisotopic (exact) mass is 307 g/mol. The molecular formula is C15H14ClNO4. The van der Waals surface area contributed by atoms with Gasteiger partial charge in [0, 0.05) is 0 Å². The zero-order valence-corrected chi connectivity index (χ0v) is 12.0. The quantitative estimate of drug-likeness (QED) is 0.852. The second-order valence-electron chi connectivity index (χ2n) is 5.45. The molecule has 0 aromatic heterocycles. The van der Waals surface area contributed by atoms with Gasteiger partial charge < -0.3 is 5.11 Å². The summed E-state index contributed by atoms with van der Waals surface area (Å²) in [6.07, 6.45) is 3.23. The average Bonchev–Trinajstić information content (AvgIpc) is 2.71. The lowest BCUT2D eigenvalue weighted by atomic mass is 9.81. The van der Waals surface area contributed by atoms with Crippen molar-refractivity contribution in [3.05, 3.63) is 28.8 Å². The van der Waals surface area contributed by atoms with E-state index in [-0.39, 0.29) is 39.9 Å². The second-order valence-corrected chi connectivity index (χ2v) is 5.86. The SMILES string of the molecule is O=C(O)c1c(Cl)cccc1N1C(=O)C2CCCCC2C1=O. The Morgan fingerprint density at radius 3 is 2.24 bits per heavy atom. The fourth-order valence-corrected chi connectivity index (χ4v) is 3.56. The van der Waals surface area contributed by atoms with Gasteiger partial charge in [0.15, 0.2) is 0 Å². The Morgan fingerprint density at radius 1 is 1.14 bits per heavy atom. The average molecular weight is 308 g/mol. The van der Waals surface area contributed by atoms with E-state index in [4.69, 9.17) is 11.6 Å². The molecule has 0 bridgehead atoms. The smallest absolute Gasteiger partial charge is 0.339 e. The van der Waals surface area contributed by atoms with E-state index < -0.39 is 5.97 Å². The Hall–Kier alpha value is -1.88. The van der Waals surface area contributed by atoms with Gasteiger partial charge in [0.05, 0.1) is 22.5 Å². The van der Waals surface area contributed by atoms with E-state index in [0.717, 1.165) is 17.7 Å². The van der Waals surface area contributed by atoms with E-state index in [9.17, 15) is 19.5 Å². The van der Waals surface area contributed by atoms with Crippen LogP contribution in [0.15, 0.2) is 18.2 Å². The molecular weight excluding hydrogens is 294 g/mol. The highest BCUT2D eigenvalue weighted by Gasteiger charge is 2.49. The van der Waals surface area contributed by atoms with Crippen molar-refractivity contribution in [2.24, 2.45) is 11.8 Å². The molecule has 0 spiro atoms. The summed E-state index contributed by atoms with van der Waals surface area (Å²) < 4.78 is 0. The molecule has 2 unspecified atom stereocenters. The van der Waals surface area contributed by atoms with Crippen LogP contribution in [-0.4, -0.2) is 22.9 Å². The Bertz CT molecular complexity index is 619. The predicted molar refractivity (Wildman–Crippen MR) is 76.4 cm³/mol. The summed E-state index contributed by atoms with van der Waals surface area (Å²) in [5, 5.41) is 9.33. The highest BCUT2D eigenvalue weighted by Crippen LogP contribution is 2.41. The topological polar surface area (TPSA) is 74.7 Å². The van der Waals surface area contributed by atoms with Gasteiger partial charge in [-0.2, -0.15) is 0 Å². The van der Waals surface area contributed by atoms with Crippen molar-refractivity contribution in [3.8, 4) is 0 Å². The van der Waals surface area contributed by atoms with Gasteiger partial charge in [0.2, 0.25) is 11.8 Å². The predicted octanol–water partition coefficient (Wildman–Crippen LogP) is 2.72. The molecule has 5 nitrogen and oxygen atoms in total. The van der Waals surface area contributed by atoms with E-state index in [2.05, 4.69) is 0 Å². The molecule has 2 amide bonds. The summed E-state index contributed by atoms with van der Waals surface area (Å²) in [6, 6.07) is 4.45. The summed E-state index contributed by atoms with van der Waals surface area (Å²) in [5.41, 5.74) is -0.112. The molecule has 21 heavy (non-hydrogen) atoms. The lowest BCUT2D eigenvalue weighted by Crippen LogP contribution is -2.32. The van der Waals surface area contributed by atoms with E-state index in [0.29, 0.717) is 12.8 Å². The molecule has 0 radical (unpaired) electrons. The molecule has 1 aliphatic heterocycles. The van der Waals surface area contributed by atoms with Crippen molar-refractivity contribution in [2.45, 2.75) is 25.7 Å². The first kappa shape index (κ1) is 14.1. The first-order valence-electron chi connectivity index (χ1n) is 6.92. The molecule has 110 valence electrons. The summed E-state index contributed by atoms with van der Waals surface area (Å²) in [5.74, 6) is -2.46. The van der Waals surface area contributed by atoms with Gasteiger partial charge >= 0.3 is 5.97 Å². The van der Waals surface area contributed by atoms with Crippen molar-refractivity contribution in [1.29, 1.82) is 0 Å². The number of nitrogens with zero attached hydrogens (tertiary/aromatic N) is 1. The van der Waals surface area contributed by atoms with Crippen LogP contribution in [0.4, 0.5) is 5.69 Å².